The van der Waals surface area contributed by atoms with Crippen molar-refractivity contribution in [3.05, 3.63) is 0 Å². The number of carbonyl (C=O) groups is 1. The van der Waals surface area contributed by atoms with Crippen molar-refractivity contribution in [1.82, 2.24) is 0 Å². The van der Waals surface area contributed by atoms with E-state index < -0.39 is 9.62 Å². The SMILES string of the molecule is CC(=O)N=S(C)(C)=N. The lowest BCUT2D eigenvalue weighted by molar-refractivity contribution is -0.115. The Hall–Kier alpha value is -0.380. The molecule has 0 rings (SSSR count). The van der Waals surface area contributed by atoms with Gasteiger partial charge in [-0.2, -0.15) is 4.36 Å². The van der Waals surface area contributed by atoms with Gasteiger partial charge in [-0.15, -0.1) is 0 Å². The second-order valence-electron chi connectivity index (χ2n) is 1.88. The zero-order valence-corrected chi connectivity index (χ0v) is 6.08. The summed E-state index contributed by atoms with van der Waals surface area (Å²) in [6, 6.07) is 0. The molecule has 0 aliphatic carbocycles. The Morgan fingerprint density at radius 1 is 1.62 bits per heavy atom. The summed E-state index contributed by atoms with van der Waals surface area (Å²) >= 11 is 0. The Kier molecular flexibility index (Phi) is 2.15. The molecule has 48 valence electrons. The minimum absolute atomic E-state index is 0.250. The molecular weight excluding hydrogens is 124 g/mol. The van der Waals surface area contributed by atoms with Crippen LogP contribution in [0.4, 0.5) is 0 Å². The first-order valence-corrected chi connectivity index (χ1v) is 4.54. The second-order valence-corrected chi connectivity index (χ2v) is 4.61. The van der Waals surface area contributed by atoms with E-state index in [2.05, 4.69) is 4.36 Å². The van der Waals surface area contributed by atoms with Crippen LogP contribution in [0.15, 0.2) is 4.36 Å². The van der Waals surface area contributed by atoms with Crippen molar-refractivity contribution in [3.63, 3.8) is 0 Å². The van der Waals surface area contributed by atoms with E-state index in [0.29, 0.717) is 0 Å². The number of hydrogen-bond donors (Lipinski definition) is 1. The quantitative estimate of drug-likeness (QED) is 0.525. The van der Waals surface area contributed by atoms with Gasteiger partial charge < -0.3 is 0 Å². The maximum Gasteiger partial charge on any atom is 0.249 e. The monoisotopic (exact) mass is 134 g/mol. The summed E-state index contributed by atoms with van der Waals surface area (Å²) in [6.45, 7) is 1.36. The molecule has 0 saturated heterocycles. The van der Waals surface area contributed by atoms with Crippen molar-refractivity contribution < 1.29 is 4.79 Å². The van der Waals surface area contributed by atoms with Crippen LogP contribution in [0.1, 0.15) is 6.92 Å². The van der Waals surface area contributed by atoms with E-state index in [1.54, 1.807) is 12.5 Å². The van der Waals surface area contributed by atoms with E-state index in [1.165, 1.54) is 6.92 Å². The number of rotatable bonds is 0. The average Bonchev–Trinajstić information content (AvgIpc) is 1.21. The van der Waals surface area contributed by atoms with Gasteiger partial charge in [0.1, 0.15) is 0 Å². The molecular formula is C4H10N2OS. The highest BCUT2D eigenvalue weighted by Gasteiger charge is 1.86. The Morgan fingerprint density at radius 3 is 2.00 bits per heavy atom. The highest BCUT2D eigenvalue weighted by atomic mass is 32.2. The molecule has 0 unspecified atom stereocenters. The van der Waals surface area contributed by atoms with Crippen molar-refractivity contribution in [2.75, 3.05) is 12.5 Å². The Morgan fingerprint density at radius 2 is 2.00 bits per heavy atom. The molecule has 0 aliphatic heterocycles. The fourth-order valence-electron chi connectivity index (χ4n) is 0.321. The maximum absolute atomic E-state index is 10.2. The van der Waals surface area contributed by atoms with E-state index in [1.807, 2.05) is 0 Å². The summed E-state index contributed by atoms with van der Waals surface area (Å²) in [4.78, 5) is 10.2. The molecule has 1 amide bonds. The molecule has 0 bridgehead atoms. The first kappa shape index (κ1) is 7.62. The molecule has 8 heavy (non-hydrogen) atoms. The van der Waals surface area contributed by atoms with E-state index in [-0.39, 0.29) is 5.91 Å². The molecule has 0 atom stereocenters. The smallest absolute Gasteiger partial charge is 0.249 e. The lowest BCUT2D eigenvalue weighted by Crippen LogP contribution is -1.92. The van der Waals surface area contributed by atoms with Gasteiger partial charge in [0.15, 0.2) is 0 Å². The first-order valence-electron chi connectivity index (χ1n) is 2.13. The van der Waals surface area contributed by atoms with Crippen LogP contribution in [-0.4, -0.2) is 18.4 Å². The predicted molar refractivity (Wildman–Crippen MR) is 35.0 cm³/mol. The molecule has 0 aliphatic rings. The largest absolute Gasteiger partial charge is 0.272 e. The van der Waals surface area contributed by atoms with Crippen LogP contribution in [-0.2, 0) is 14.4 Å². The van der Waals surface area contributed by atoms with E-state index in [4.69, 9.17) is 4.78 Å². The van der Waals surface area contributed by atoms with Gasteiger partial charge in [0, 0.05) is 19.4 Å². The fraction of sp³-hybridized carbons (Fsp3) is 0.750. The topological polar surface area (TPSA) is 53.3 Å². The van der Waals surface area contributed by atoms with E-state index >= 15 is 0 Å². The molecule has 0 spiro atoms. The minimum Gasteiger partial charge on any atom is -0.272 e. The molecule has 0 aromatic heterocycles. The summed E-state index contributed by atoms with van der Waals surface area (Å²) in [6.07, 6.45) is 3.29. The van der Waals surface area contributed by atoms with E-state index in [0.717, 1.165) is 0 Å². The summed E-state index contributed by atoms with van der Waals surface area (Å²) in [5, 5.41) is 0. The molecule has 0 aromatic rings. The average molecular weight is 134 g/mol. The first-order chi connectivity index (χ1) is 3.42. The summed E-state index contributed by atoms with van der Waals surface area (Å²) in [5.74, 6) is -0.250. The van der Waals surface area contributed by atoms with Gasteiger partial charge >= 0.3 is 0 Å². The molecule has 3 nitrogen and oxygen atoms in total. The molecule has 4 heteroatoms. The number of nitrogens with zero attached hydrogens (tertiary/aromatic N) is 1. The van der Waals surface area contributed by atoms with Crippen molar-refractivity contribution >= 4 is 15.5 Å². The third-order valence-electron chi connectivity index (χ3n) is 0.357. The van der Waals surface area contributed by atoms with Crippen molar-refractivity contribution in [3.8, 4) is 0 Å². The predicted octanol–water partition coefficient (Wildman–Crippen LogP) is 0.892. The molecule has 0 saturated carbocycles. The highest BCUT2D eigenvalue weighted by Crippen LogP contribution is 1.84. The van der Waals surface area contributed by atoms with Crippen LogP contribution < -0.4 is 0 Å². The van der Waals surface area contributed by atoms with Crippen LogP contribution >= 0.6 is 0 Å². The summed E-state index contributed by atoms with van der Waals surface area (Å²) in [5.41, 5.74) is 0. The van der Waals surface area contributed by atoms with E-state index in [9.17, 15) is 4.79 Å². The standard InChI is InChI=1S/C4H10N2OS/c1-4(7)6-8(2,3)5/h5H,1-3H3. The lowest BCUT2D eigenvalue weighted by Gasteiger charge is -1.91. The second kappa shape index (κ2) is 2.26. The van der Waals surface area contributed by atoms with Crippen molar-refractivity contribution in [2.45, 2.75) is 6.92 Å². The van der Waals surface area contributed by atoms with Gasteiger partial charge in [-0.25, -0.2) is 0 Å². The van der Waals surface area contributed by atoms with Gasteiger partial charge in [-0.05, 0) is 0 Å². The number of hydrogen-bond acceptors (Lipinski definition) is 2. The number of nitrogens with one attached hydrogen (secondary N) is 1. The third kappa shape index (κ3) is 5.62. The molecule has 0 aromatic carbocycles. The van der Waals surface area contributed by atoms with Crippen molar-refractivity contribution in [1.29, 1.82) is 4.78 Å². The van der Waals surface area contributed by atoms with Gasteiger partial charge in [-0.1, -0.05) is 9.62 Å². The summed E-state index contributed by atoms with van der Waals surface area (Å²) in [7, 11) is -1.70. The Labute approximate surface area is 49.7 Å². The highest BCUT2D eigenvalue weighted by molar-refractivity contribution is 7.93. The number of carbonyl (C=O) groups excluding carboxylic acids is 1. The Bertz CT molecular complexity index is 192. The zero-order valence-electron chi connectivity index (χ0n) is 5.26. The van der Waals surface area contributed by atoms with Crippen LogP contribution in [0, 0.1) is 4.78 Å². The van der Waals surface area contributed by atoms with Crippen LogP contribution in [0.3, 0.4) is 0 Å². The van der Waals surface area contributed by atoms with Crippen LogP contribution in [0.25, 0.3) is 0 Å². The van der Waals surface area contributed by atoms with Gasteiger partial charge in [-0.3, -0.25) is 9.57 Å². The third-order valence-corrected chi connectivity index (χ3v) is 1.07. The van der Waals surface area contributed by atoms with Crippen LogP contribution in [0.2, 0.25) is 0 Å². The van der Waals surface area contributed by atoms with Crippen molar-refractivity contribution in [2.24, 2.45) is 4.36 Å². The minimum atomic E-state index is -1.70. The zero-order chi connectivity index (χ0) is 6.78. The maximum atomic E-state index is 10.2. The number of amides is 1. The Balaban J connectivity index is 4.44. The normalized spacial score (nSPS) is 10.9. The fourth-order valence-corrected chi connectivity index (χ4v) is 0.964. The molecule has 1 N–H and O–H groups in total. The van der Waals surface area contributed by atoms with Gasteiger partial charge in [0.2, 0.25) is 5.91 Å². The molecule has 0 fully saturated rings. The lowest BCUT2D eigenvalue weighted by atomic mass is 10.8. The molecule has 0 radical (unpaired) electrons. The van der Waals surface area contributed by atoms with Crippen LogP contribution in [0.5, 0.6) is 0 Å². The summed E-state index contributed by atoms with van der Waals surface area (Å²) < 4.78 is 10.7. The van der Waals surface area contributed by atoms with Gasteiger partial charge in [0.05, 0.1) is 0 Å². The molecule has 0 heterocycles. The van der Waals surface area contributed by atoms with Gasteiger partial charge in [0.25, 0.3) is 0 Å².